The summed E-state index contributed by atoms with van der Waals surface area (Å²) >= 11 is 0. The molecule has 118 valence electrons. The molecule has 0 heterocycles. The van der Waals surface area contributed by atoms with Gasteiger partial charge in [-0.15, -0.1) is 0 Å². The van der Waals surface area contributed by atoms with Crippen LogP contribution in [0, 0.1) is 0 Å². The minimum Gasteiger partial charge on any atom is -0.298 e. The molecule has 0 spiro atoms. The van der Waals surface area contributed by atoms with Gasteiger partial charge in [-0.25, -0.2) is 0 Å². The molecule has 0 aliphatic carbocycles. The Balaban J connectivity index is 1.70. The molecule has 23 heavy (non-hydrogen) atoms. The fourth-order valence-corrected chi connectivity index (χ4v) is 3.19. The lowest BCUT2D eigenvalue weighted by atomic mass is 10.0. The van der Waals surface area contributed by atoms with Crippen LogP contribution >= 0.6 is 0 Å². The Hall–Kier alpha value is -2.12. The molecule has 0 aromatic heterocycles. The highest BCUT2D eigenvalue weighted by atomic mass is 15.1. The average Bonchev–Trinajstić information content (AvgIpc) is 2.57. The zero-order chi connectivity index (χ0) is 16.1. The molecule has 3 aromatic carbocycles. The number of nitrogens with zero attached hydrogens (tertiary/aromatic N) is 1. The molecule has 0 bridgehead atoms. The van der Waals surface area contributed by atoms with Crippen LogP contribution in [0.25, 0.3) is 10.8 Å². The number of rotatable bonds is 6. The molecule has 1 nitrogen and oxygen atoms in total. The summed E-state index contributed by atoms with van der Waals surface area (Å²) in [7, 11) is 2.20. The average molecular weight is 303 g/mol. The van der Waals surface area contributed by atoms with Crippen molar-refractivity contribution in [1.82, 2.24) is 4.90 Å². The van der Waals surface area contributed by atoms with Crippen molar-refractivity contribution in [2.24, 2.45) is 0 Å². The monoisotopic (exact) mass is 303 g/mol. The van der Waals surface area contributed by atoms with Crippen molar-refractivity contribution in [1.29, 1.82) is 0 Å². The summed E-state index contributed by atoms with van der Waals surface area (Å²) < 4.78 is 0. The Morgan fingerprint density at radius 1 is 0.739 bits per heavy atom. The van der Waals surface area contributed by atoms with Crippen LogP contribution in [-0.2, 0) is 19.5 Å². The van der Waals surface area contributed by atoms with E-state index in [0.717, 1.165) is 13.1 Å². The van der Waals surface area contributed by atoms with Gasteiger partial charge in [0.15, 0.2) is 0 Å². The van der Waals surface area contributed by atoms with Gasteiger partial charge >= 0.3 is 0 Å². The fourth-order valence-electron chi connectivity index (χ4n) is 3.19. The second kappa shape index (κ2) is 7.43. The first-order chi connectivity index (χ1) is 11.3. The Kier molecular flexibility index (Phi) is 5.09. The minimum absolute atomic E-state index is 0.970. The quantitative estimate of drug-likeness (QED) is 0.587. The first-order valence-corrected chi connectivity index (χ1v) is 8.49. The Morgan fingerprint density at radius 2 is 1.43 bits per heavy atom. The lowest BCUT2D eigenvalue weighted by Crippen LogP contribution is -2.17. The molecule has 0 fully saturated rings. The molecular weight excluding hydrogens is 278 g/mol. The lowest BCUT2D eigenvalue weighted by molar-refractivity contribution is 0.320. The summed E-state index contributed by atoms with van der Waals surface area (Å²) in [5.41, 5.74) is 4.22. The summed E-state index contributed by atoms with van der Waals surface area (Å²) in [4.78, 5) is 2.39. The number of hydrogen-bond donors (Lipinski definition) is 0. The van der Waals surface area contributed by atoms with Gasteiger partial charge in [-0.2, -0.15) is 0 Å². The van der Waals surface area contributed by atoms with Crippen molar-refractivity contribution in [3.8, 4) is 0 Å². The molecule has 0 aliphatic heterocycles. The van der Waals surface area contributed by atoms with Crippen LogP contribution in [0.2, 0.25) is 0 Å². The van der Waals surface area contributed by atoms with Gasteiger partial charge in [0, 0.05) is 13.1 Å². The molecule has 0 atom stereocenters. The predicted molar refractivity (Wildman–Crippen MR) is 99.6 cm³/mol. The van der Waals surface area contributed by atoms with Crippen LogP contribution in [0.3, 0.4) is 0 Å². The van der Waals surface area contributed by atoms with Gasteiger partial charge in [0.05, 0.1) is 0 Å². The summed E-state index contributed by atoms with van der Waals surface area (Å²) in [5.74, 6) is 0. The SMILES string of the molecule is CCCc1ccc(CN(C)Cc2cccc3ccccc23)cc1. The number of aryl methyl sites for hydroxylation is 1. The van der Waals surface area contributed by atoms with Crippen molar-refractivity contribution in [3.05, 3.63) is 83.4 Å². The molecule has 1 heteroatoms. The third kappa shape index (κ3) is 4.00. The normalized spacial score (nSPS) is 11.3. The van der Waals surface area contributed by atoms with Crippen molar-refractivity contribution in [2.45, 2.75) is 32.9 Å². The van der Waals surface area contributed by atoms with E-state index in [1.807, 2.05) is 0 Å². The van der Waals surface area contributed by atoms with Gasteiger partial charge < -0.3 is 0 Å². The molecule has 0 radical (unpaired) electrons. The second-order valence-electron chi connectivity index (χ2n) is 6.38. The summed E-state index contributed by atoms with van der Waals surface area (Å²) in [6.45, 7) is 4.18. The molecule has 0 saturated heterocycles. The van der Waals surface area contributed by atoms with E-state index in [1.54, 1.807) is 0 Å². The topological polar surface area (TPSA) is 3.24 Å². The van der Waals surface area contributed by atoms with E-state index in [4.69, 9.17) is 0 Å². The predicted octanol–water partition coefficient (Wildman–Crippen LogP) is 5.42. The van der Waals surface area contributed by atoms with Crippen LogP contribution in [0.15, 0.2) is 66.7 Å². The minimum atomic E-state index is 0.970. The first kappa shape index (κ1) is 15.8. The van der Waals surface area contributed by atoms with Crippen molar-refractivity contribution >= 4 is 10.8 Å². The van der Waals surface area contributed by atoms with Crippen LogP contribution < -0.4 is 0 Å². The maximum Gasteiger partial charge on any atom is 0.0240 e. The van der Waals surface area contributed by atoms with E-state index in [1.165, 1.54) is 40.3 Å². The standard InChI is InChI=1S/C22H25N/c1-3-7-18-12-14-19(15-13-18)16-23(2)17-21-10-6-9-20-8-4-5-11-22(20)21/h4-6,8-15H,3,7,16-17H2,1-2H3. The van der Waals surface area contributed by atoms with Gasteiger partial charge in [0.1, 0.15) is 0 Å². The van der Waals surface area contributed by atoms with E-state index in [-0.39, 0.29) is 0 Å². The molecule has 0 amide bonds. The van der Waals surface area contributed by atoms with Gasteiger partial charge in [0.25, 0.3) is 0 Å². The van der Waals surface area contributed by atoms with E-state index in [0.29, 0.717) is 0 Å². The van der Waals surface area contributed by atoms with E-state index in [9.17, 15) is 0 Å². The Labute approximate surface area is 139 Å². The smallest absolute Gasteiger partial charge is 0.0240 e. The fraction of sp³-hybridized carbons (Fsp3) is 0.273. The largest absolute Gasteiger partial charge is 0.298 e. The van der Waals surface area contributed by atoms with Gasteiger partial charge in [-0.1, -0.05) is 80.1 Å². The van der Waals surface area contributed by atoms with Crippen LogP contribution in [-0.4, -0.2) is 11.9 Å². The van der Waals surface area contributed by atoms with Gasteiger partial charge in [-0.3, -0.25) is 4.90 Å². The van der Waals surface area contributed by atoms with Gasteiger partial charge in [-0.05, 0) is 40.9 Å². The van der Waals surface area contributed by atoms with E-state index < -0.39 is 0 Å². The number of benzene rings is 3. The third-order valence-corrected chi connectivity index (χ3v) is 4.33. The van der Waals surface area contributed by atoms with Crippen molar-refractivity contribution in [3.63, 3.8) is 0 Å². The zero-order valence-electron chi connectivity index (χ0n) is 14.1. The molecule has 0 unspecified atom stereocenters. The first-order valence-electron chi connectivity index (χ1n) is 8.49. The van der Waals surface area contributed by atoms with Crippen LogP contribution in [0.5, 0.6) is 0 Å². The summed E-state index contributed by atoms with van der Waals surface area (Å²) in [5, 5.41) is 2.68. The Bertz CT molecular complexity index is 753. The zero-order valence-corrected chi connectivity index (χ0v) is 14.1. The van der Waals surface area contributed by atoms with E-state index >= 15 is 0 Å². The molecule has 0 aliphatic rings. The van der Waals surface area contributed by atoms with E-state index in [2.05, 4.69) is 85.6 Å². The number of hydrogen-bond acceptors (Lipinski definition) is 1. The van der Waals surface area contributed by atoms with Crippen molar-refractivity contribution < 1.29 is 0 Å². The highest BCUT2D eigenvalue weighted by Gasteiger charge is 2.05. The highest BCUT2D eigenvalue weighted by Crippen LogP contribution is 2.20. The number of fused-ring (bicyclic) bond motifs is 1. The highest BCUT2D eigenvalue weighted by molar-refractivity contribution is 5.85. The molecular formula is C22H25N. The maximum absolute atomic E-state index is 2.39. The third-order valence-electron chi connectivity index (χ3n) is 4.33. The van der Waals surface area contributed by atoms with Crippen LogP contribution in [0.1, 0.15) is 30.0 Å². The van der Waals surface area contributed by atoms with Crippen molar-refractivity contribution in [2.75, 3.05) is 7.05 Å². The summed E-state index contributed by atoms with van der Waals surface area (Å²) in [6, 6.07) is 24.3. The molecule has 3 aromatic rings. The Morgan fingerprint density at radius 3 is 2.22 bits per heavy atom. The molecule has 3 rings (SSSR count). The lowest BCUT2D eigenvalue weighted by Gasteiger charge is -2.18. The second-order valence-corrected chi connectivity index (χ2v) is 6.38. The van der Waals surface area contributed by atoms with Gasteiger partial charge in [0.2, 0.25) is 0 Å². The molecule has 0 N–H and O–H groups in total. The maximum atomic E-state index is 2.39. The summed E-state index contributed by atoms with van der Waals surface area (Å²) in [6.07, 6.45) is 2.38. The van der Waals surface area contributed by atoms with Crippen LogP contribution in [0.4, 0.5) is 0 Å². The molecule has 0 saturated carbocycles.